The maximum atomic E-state index is 4.43. The Hall–Kier alpha value is -3.44. The summed E-state index contributed by atoms with van der Waals surface area (Å²) in [5.74, 6) is 0.870. The zero-order valence-corrected chi connectivity index (χ0v) is 16.5. The van der Waals surface area contributed by atoms with Gasteiger partial charge in [0.15, 0.2) is 0 Å². The van der Waals surface area contributed by atoms with Gasteiger partial charge in [-0.25, -0.2) is 4.98 Å². The van der Waals surface area contributed by atoms with Crippen molar-refractivity contribution in [3.63, 3.8) is 0 Å². The minimum absolute atomic E-state index is 0.870. The van der Waals surface area contributed by atoms with Gasteiger partial charge in [-0.15, -0.1) is 10.2 Å². The summed E-state index contributed by atoms with van der Waals surface area (Å²) in [5, 5.41) is 12.3. The number of aromatic nitrogens is 4. The molecular formula is C24H18N4S. The molecule has 29 heavy (non-hydrogen) atoms. The number of benzene rings is 3. The van der Waals surface area contributed by atoms with Crippen molar-refractivity contribution in [2.24, 2.45) is 0 Å². The third-order valence-corrected chi connectivity index (χ3v) is 5.83. The highest BCUT2D eigenvalue weighted by molar-refractivity contribution is 7.98. The summed E-state index contributed by atoms with van der Waals surface area (Å²) in [6, 6.07) is 27.2. The molecule has 0 aliphatic rings. The molecule has 0 amide bonds. The smallest absolute Gasteiger partial charge is 0.119 e. The molecule has 0 unspecified atom stereocenters. The van der Waals surface area contributed by atoms with E-state index in [1.165, 1.54) is 16.3 Å². The van der Waals surface area contributed by atoms with Crippen LogP contribution < -0.4 is 0 Å². The number of fused-ring (bicyclic) bond motifs is 1. The van der Waals surface area contributed by atoms with E-state index >= 15 is 0 Å². The molecule has 0 fully saturated rings. The summed E-state index contributed by atoms with van der Waals surface area (Å²) in [6.45, 7) is 0. The van der Waals surface area contributed by atoms with E-state index in [0.29, 0.717) is 0 Å². The molecule has 0 saturated carbocycles. The molecule has 0 atom stereocenters. The first-order chi connectivity index (χ1) is 14.4. The summed E-state index contributed by atoms with van der Waals surface area (Å²) in [5.41, 5.74) is 4.30. The molecule has 140 valence electrons. The molecule has 0 spiro atoms. The van der Waals surface area contributed by atoms with Crippen LogP contribution in [-0.2, 0) is 5.75 Å². The van der Waals surface area contributed by atoms with Crippen molar-refractivity contribution in [1.29, 1.82) is 0 Å². The Morgan fingerprint density at radius 2 is 1.66 bits per heavy atom. The lowest BCUT2D eigenvalue weighted by Gasteiger charge is -2.07. The molecule has 0 N–H and O–H groups in total. The van der Waals surface area contributed by atoms with Crippen LogP contribution in [0.2, 0.25) is 0 Å². The van der Waals surface area contributed by atoms with Crippen LogP contribution in [0.5, 0.6) is 0 Å². The van der Waals surface area contributed by atoms with E-state index in [-0.39, 0.29) is 0 Å². The normalized spacial score (nSPS) is 11.0. The van der Waals surface area contributed by atoms with Crippen molar-refractivity contribution in [3.8, 4) is 16.9 Å². The van der Waals surface area contributed by atoms with Gasteiger partial charge in [0.05, 0.1) is 12.0 Å². The van der Waals surface area contributed by atoms with Crippen LogP contribution in [0, 0.1) is 0 Å². The topological polar surface area (TPSA) is 43.6 Å². The van der Waals surface area contributed by atoms with E-state index in [2.05, 4.69) is 81.9 Å². The fourth-order valence-corrected chi connectivity index (χ4v) is 4.16. The van der Waals surface area contributed by atoms with E-state index in [4.69, 9.17) is 0 Å². The van der Waals surface area contributed by atoms with Crippen molar-refractivity contribution in [2.45, 2.75) is 10.8 Å². The maximum absolute atomic E-state index is 4.43. The molecule has 5 rings (SSSR count). The summed E-state index contributed by atoms with van der Waals surface area (Å²) in [7, 11) is 0. The van der Waals surface area contributed by atoms with Gasteiger partial charge in [-0.3, -0.25) is 0 Å². The lowest BCUT2D eigenvalue weighted by Crippen LogP contribution is -1.92. The average molecular weight is 395 g/mol. The van der Waals surface area contributed by atoms with Gasteiger partial charge in [0.2, 0.25) is 0 Å². The minimum atomic E-state index is 0.870. The van der Waals surface area contributed by atoms with Crippen LogP contribution >= 0.6 is 11.8 Å². The van der Waals surface area contributed by atoms with E-state index in [1.54, 1.807) is 24.3 Å². The zero-order chi connectivity index (χ0) is 19.5. The van der Waals surface area contributed by atoms with E-state index in [1.807, 2.05) is 22.9 Å². The third kappa shape index (κ3) is 3.77. The average Bonchev–Trinajstić information content (AvgIpc) is 3.33. The van der Waals surface area contributed by atoms with Crippen molar-refractivity contribution < 1.29 is 0 Å². The quantitative estimate of drug-likeness (QED) is 0.355. The monoisotopic (exact) mass is 394 g/mol. The van der Waals surface area contributed by atoms with Gasteiger partial charge >= 0.3 is 0 Å². The number of thioether (sulfide) groups is 1. The number of rotatable bonds is 5. The molecule has 4 nitrogen and oxygen atoms in total. The van der Waals surface area contributed by atoms with Gasteiger partial charge in [0.1, 0.15) is 5.03 Å². The molecule has 0 aliphatic heterocycles. The van der Waals surface area contributed by atoms with Gasteiger partial charge in [-0.05, 0) is 40.6 Å². The third-order valence-electron chi connectivity index (χ3n) is 4.86. The zero-order valence-electron chi connectivity index (χ0n) is 15.6. The second-order valence-corrected chi connectivity index (χ2v) is 7.70. The summed E-state index contributed by atoms with van der Waals surface area (Å²) in [4.78, 5) is 4.08. The highest BCUT2D eigenvalue weighted by Gasteiger charge is 2.05. The van der Waals surface area contributed by atoms with Crippen LogP contribution in [-0.4, -0.2) is 19.7 Å². The van der Waals surface area contributed by atoms with Crippen LogP contribution in [0.1, 0.15) is 5.56 Å². The molecule has 2 heterocycles. The summed E-state index contributed by atoms with van der Waals surface area (Å²) in [6.07, 6.45) is 5.49. The lowest BCUT2D eigenvalue weighted by molar-refractivity contribution is 0.935. The van der Waals surface area contributed by atoms with Crippen LogP contribution in [0.15, 0.2) is 103 Å². The largest absolute Gasteiger partial charge is 0.306 e. The molecule has 2 aromatic heterocycles. The first-order valence-electron chi connectivity index (χ1n) is 9.39. The first-order valence-corrected chi connectivity index (χ1v) is 10.4. The molecule has 3 aromatic carbocycles. The lowest BCUT2D eigenvalue weighted by atomic mass is 10.1. The Kier molecular flexibility index (Phi) is 4.80. The Balaban J connectivity index is 1.30. The molecule has 0 saturated heterocycles. The van der Waals surface area contributed by atoms with Crippen LogP contribution in [0.25, 0.3) is 27.7 Å². The minimum Gasteiger partial charge on any atom is -0.306 e. The molecule has 0 aliphatic carbocycles. The number of hydrogen-bond donors (Lipinski definition) is 0. The van der Waals surface area contributed by atoms with Crippen molar-refractivity contribution in [3.05, 3.63) is 103 Å². The van der Waals surface area contributed by atoms with Crippen molar-refractivity contribution >= 4 is 22.5 Å². The van der Waals surface area contributed by atoms with Crippen LogP contribution in [0.4, 0.5) is 0 Å². The van der Waals surface area contributed by atoms with Crippen LogP contribution in [0.3, 0.4) is 0 Å². The molecule has 5 aromatic rings. The predicted octanol–water partition coefficient (Wildman–Crippen LogP) is 5.77. The van der Waals surface area contributed by atoms with Crippen molar-refractivity contribution in [1.82, 2.24) is 19.7 Å². The second-order valence-electron chi connectivity index (χ2n) is 6.70. The molecule has 5 heteroatoms. The fraction of sp³-hybridized carbons (Fsp3) is 0.0417. The summed E-state index contributed by atoms with van der Waals surface area (Å²) >= 11 is 1.71. The summed E-state index contributed by atoms with van der Waals surface area (Å²) < 4.78 is 1.97. The Bertz CT molecular complexity index is 1230. The van der Waals surface area contributed by atoms with E-state index in [9.17, 15) is 0 Å². The maximum Gasteiger partial charge on any atom is 0.119 e. The van der Waals surface area contributed by atoms with Gasteiger partial charge in [0.25, 0.3) is 0 Å². The Morgan fingerprint density at radius 1 is 0.793 bits per heavy atom. The number of nitrogens with zero attached hydrogens (tertiary/aromatic N) is 4. The van der Waals surface area contributed by atoms with Gasteiger partial charge in [0, 0.05) is 29.4 Å². The Labute approximate surface area is 173 Å². The predicted molar refractivity (Wildman–Crippen MR) is 118 cm³/mol. The van der Waals surface area contributed by atoms with Gasteiger partial charge in [-0.2, -0.15) is 0 Å². The highest BCUT2D eigenvalue weighted by Crippen LogP contribution is 2.27. The molecular weight excluding hydrogens is 376 g/mol. The standard InChI is InChI=1S/C24H18N4S/c1-2-7-22-18(4-1)5-3-6-20(22)16-29-24-13-12-23(26-27-24)19-8-10-21(11-9-19)28-15-14-25-17-28/h1-15,17H,16H2. The van der Waals surface area contributed by atoms with Gasteiger partial charge in [-0.1, -0.05) is 66.4 Å². The number of hydrogen-bond acceptors (Lipinski definition) is 4. The van der Waals surface area contributed by atoms with E-state index in [0.717, 1.165) is 27.7 Å². The molecule has 0 bridgehead atoms. The van der Waals surface area contributed by atoms with Crippen molar-refractivity contribution in [2.75, 3.05) is 0 Å². The number of imidazole rings is 1. The highest BCUT2D eigenvalue weighted by atomic mass is 32.2. The Morgan fingerprint density at radius 3 is 2.45 bits per heavy atom. The fourth-order valence-electron chi connectivity index (χ4n) is 3.34. The van der Waals surface area contributed by atoms with Gasteiger partial charge < -0.3 is 4.57 Å². The van der Waals surface area contributed by atoms with E-state index < -0.39 is 0 Å². The second kappa shape index (κ2) is 7.89. The first kappa shape index (κ1) is 17.6. The SMILES string of the molecule is c1ccc2c(CSc3ccc(-c4ccc(-n5ccnc5)cc4)nn3)cccc2c1. The molecule has 0 radical (unpaired) electrons.